The summed E-state index contributed by atoms with van der Waals surface area (Å²) in [5.74, 6) is 0.830. The van der Waals surface area contributed by atoms with Crippen molar-refractivity contribution < 1.29 is 9.47 Å². The normalized spacial score (nSPS) is 11.0. The molecule has 132 valence electrons. The molecule has 1 aromatic rings. The Morgan fingerprint density at radius 1 is 1.13 bits per heavy atom. The summed E-state index contributed by atoms with van der Waals surface area (Å²) in [5.41, 5.74) is 1.08. The molecule has 1 aromatic heterocycles. The molecular formula is C16H29IN4O2. The Balaban J connectivity index is 0.00000484. The molecule has 0 saturated heterocycles. The fourth-order valence-corrected chi connectivity index (χ4v) is 1.86. The van der Waals surface area contributed by atoms with Crippen molar-refractivity contribution >= 4 is 29.9 Å². The van der Waals surface area contributed by atoms with Crippen LogP contribution in [0.3, 0.4) is 0 Å². The van der Waals surface area contributed by atoms with Gasteiger partial charge in [-0.2, -0.15) is 0 Å². The zero-order chi connectivity index (χ0) is 15.9. The van der Waals surface area contributed by atoms with Gasteiger partial charge in [0.05, 0.1) is 13.2 Å². The van der Waals surface area contributed by atoms with Gasteiger partial charge in [0.2, 0.25) is 0 Å². The molecule has 0 bridgehead atoms. The van der Waals surface area contributed by atoms with Crippen molar-refractivity contribution in [2.24, 2.45) is 4.99 Å². The van der Waals surface area contributed by atoms with E-state index in [0.717, 1.165) is 50.6 Å². The van der Waals surface area contributed by atoms with E-state index in [1.165, 1.54) is 0 Å². The van der Waals surface area contributed by atoms with Crippen LogP contribution in [-0.2, 0) is 15.9 Å². The first-order valence-corrected chi connectivity index (χ1v) is 7.78. The molecule has 0 aromatic carbocycles. The fourth-order valence-electron chi connectivity index (χ4n) is 1.86. The average molecular weight is 436 g/mol. The summed E-state index contributed by atoms with van der Waals surface area (Å²) in [6.07, 6.45) is 4.78. The van der Waals surface area contributed by atoms with Gasteiger partial charge in [-0.25, -0.2) is 0 Å². The topological polar surface area (TPSA) is 67.8 Å². The SMILES string of the molecule is CN=C(NCCCCOCCOC)NCCc1ccccn1.I. The fraction of sp³-hybridized carbons (Fsp3) is 0.625. The molecular weight excluding hydrogens is 407 g/mol. The lowest BCUT2D eigenvalue weighted by Crippen LogP contribution is -2.38. The Labute approximate surface area is 156 Å². The minimum atomic E-state index is 0. The Morgan fingerprint density at radius 2 is 1.96 bits per heavy atom. The van der Waals surface area contributed by atoms with Crippen LogP contribution in [-0.4, -0.2) is 58.0 Å². The van der Waals surface area contributed by atoms with E-state index >= 15 is 0 Å². The number of halogens is 1. The van der Waals surface area contributed by atoms with Crippen molar-refractivity contribution in [3.63, 3.8) is 0 Å². The van der Waals surface area contributed by atoms with Crippen LogP contribution in [0, 0.1) is 0 Å². The standard InChI is InChI=1S/C16H28N4O2.HI/c1-17-16(19-10-5-6-12-22-14-13-21-2)20-11-8-15-7-3-4-9-18-15;/h3-4,7,9H,5-6,8,10-14H2,1-2H3,(H2,17,19,20);1H. The molecule has 0 saturated carbocycles. The maximum Gasteiger partial charge on any atom is 0.190 e. The molecule has 23 heavy (non-hydrogen) atoms. The van der Waals surface area contributed by atoms with Gasteiger partial charge in [-0.3, -0.25) is 9.98 Å². The van der Waals surface area contributed by atoms with Crippen LogP contribution >= 0.6 is 24.0 Å². The smallest absolute Gasteiger partial charge is 0.190 e. The first-order valence-electron chi connectivity index (χ1n) is 7.78. The van der Waals surface area contributed by atoms with Crippen LogP contribution < -0.4 is 10.6 Å². The summed E-state index contributed by atoms with van der Waals surface area (Å²) in [6, 6.07) is 5.96. The number of guanidine groups is 1. The zero-order valence-electron chi connectivity index (χ0n) is 14.1. The van der Waals surface area contributed by atoms with Crippen molar-refractivity contribution in [2.45, 2.75) is 19.3 Å². The number of unbranched alkanes of at least 4 members (excludes halogenated alkanes) is 1. The summed E-state index contributed by atoms with van der Waals surface area (Å²) in [4.78, 5) is 8.50. The van der Waals surface area contributed by atoms with Gasteiger partial charge >= 0.3 is 0 Å². The number of ether oxygens (including phenoxy) is 2. The minimum absolute atomic E-state index is 0. The Morgan fingerprint density at radius 3 is 2.65 bits per heavy atom. The number of nitrogens with zero attached hydrogens (tertiary/aromatic N) is 2. The van der Waals surface area contributed by atoms with Crippen molar-refractivity contribution in [3.05, 3.63) is 30.1 Å². The number of methoxy groups -OCH3 is 1. The van der Waals surface area contributed by atoms with E-state index in [1.54, 1.807) is 14.2 Å². The number of aliphatic imine (C=N–C) groups is 1. The van der Waals surface area contributed by atoms with Gasteiger partial charge in [-0.1, -0.05) is 6.07 Å². The third-order valence-corrected chi connectivity index (χ3v) is 3.06. The highest BCUT2D eigenvalue weighted by Crippen LogP contribution is 1.93. The predicted octanol–water partition coefficient (Wildman–Crippen LogP) is 1.85. The number of nitrogens with one attached hydrogen (secondary N) is 2. The molecule has 0 amide bonds. The molecule has 0 spiro atoms. The molecule has 0 unspecified atom stereocenters. The molecule has 7 heteroatoms. The van der Waals surface area contributed by atoms with Crippen LogP contribution in [0.25, 0.3) is 0 Å². The largest absolute Gasteiger partial charge is 0.382 e. The summed E-state index contributed by atoms with van der Waals surface area (Å²) in [7, 11) is 3.46. The third kappa shape index (κ3) is 12.2. The van der Waals surface area contributed by atoms with E-state index in [9.17, 15) is 0 Å². The molecule has 0 aliphatic carbocycles. The maximum atomic E-state index is 5.42. The molecule has 0 radical (unpaired) electrons. The maximum absolute atomic E-state index is 5.42. The summed E-state index contributed by atoms with van der Waals surface area (Å²) in [5, 5.41) is 6.58. The van der Waals surface area contributed by atoms with E-state index in [4.69, 9.17) is 9.47 Å². The molecule has 0 fully saturated rings. The van der Waals surface area contributed by atoms with Crippen molar-refractivity contribution in [2.75, 3.05) is 47.1 Å². The monoisotopic (exact) mass is 436 g/mol. The average Bonchev–Trinajstić information content (AvgIpc) is 2.56. The molecule has 0 atom stereocenters. The highest BCUT2D eigenvalue weighted by Gasteiger charge is 1.98. The van der Waals surface area contributed by atoms with Gasteiger partial charge in [0.1, 0.15) is 0 Å². The third-order valence-electron chi connectivity index (χ3n) is 3.06. The van der Waals surface area contributed by atoms with Crippen molar-refractivity contribution in [1.82, 2.24) is 15.6 Å². The highest BCUT2D eigenvalue weighted by atomic mass is 127. The summed E-state index contributed by atoms with van der Waals surface area (Å²) < 4.78 is 10.3. The molecule has 0 aliphatic rings. The first-order chi connectivity index (χ1) is 10.9. The highest BCUT2D eigenvalue weighted by molar-refractivity contribution is 14.0. The van der Waals surface area contributed by atoms with E-state index in [0.29, 0.717) is 13.2 Å². The van der Waals surface area contributed by atoms with E-state index in [-0.39, 0.29) is 24.0 Å². The number of hydrogen-bond donors (Lipinski definition) is 2. The van der Waals surface area contributed by atoms with Crippen LogP contribution in [0.2, 0.25) is 0 Å². The first kappa shape index (κ1) is 22.1. The number of aromatic nitrogens is 1. The Kier molecular flexibility index (Phi) is 15.3. The van der Waals surface area contributed by atoms with Gasteiger partial charge in [-0.05, 0) is 25.0 Å². The second-order valence-electron chi connectivity index (χ2n) is 4.81. The van der Waals surface area contributed by atoms with Crippen LogP contribution in [0.5, 0.6) is 0 Å². The van der Waals surface area contributed by atoms with Gasteiger partial charge in [-0.15, -0.1) is 24.0 Å². The number of rotatable bonds is 11. The van der Waals surface area contributed by atoms with Gasteiger partial charge in [0.25, 0.3) is 0 Å². The van der Waals surface area contributed by atoms with Gasteiger partial charge < -0.3 is 20.1 Å². The second kappa shape index (κ2) is 15.9. The molecule has 1 heterocycles. The summed E-state index contributed by atoms with van der Waals surface area (Å²) >= 11 is 0. The summed E-state index contributed by atoms with van der Waals surface area (Å²) in [6.45, 7) is 3.80. The van der Waals surface area contributed by atoms with Crippen LogP contribution in [0.1, 0.15) is 18.5 Å². The van der Waals surface area contributed by atoms with Crippen molar-refractivity contribution in [3.8, 4) is 0 Å². The lowest BCUT2D eigenvalue weighted by Gasteiger charge is -2.11. The van der Waals surface area contributed by atoms with Gasteiger partial charge in [0.15, 0.2) is 5.96 Å². The lowest BCUT2D eigenvalue weighted by atomic mass is 10.3. The molecule has 2 N–H and O–H groups in total. The predicted molar refractivity (Wildman–Crippen MR) is 105 cm³/mol. The Bertz CT molecular complexity index is 404. The second-order valence-corrected chi connectivity index (χ2v) is 4.81. The lowest BCUT2D eigenvalue weighted by molar-refractivity contribution is 0.0689. The van der Waals surface area contributed by atoms with E-state index in [1.807, 2.05) is 24.4 Å². The quantitative estimate of drug-likeness (QED) is 0.240. The van der Waals surface area contributed by atoms with E-state index in [2.05, 4.69) is 20.6 Å². The molecule has 6 nitrogen and oxygen atoms in total. The zero-order valence-corrected chi connectivity index (χ0v) is 16.4. The Hall–Kier alpha value is -0.930. The molecule has 0 aliphatic heterocycles. The van der Waals surface area contributed by atoms with Gasteiger partial charge in [0, 0.05) is 52.2 Å². The minimum Gasteiger partial charge on any atom is -0.382 e. The van der Waals surface area contributed by atoms with E-state index < -0.39 is 0 Å². The van der Waals surface area contributed by atoms with Crippen LogP contribution in [0.15, 0.2) is 29.4 Å². The molecule has 1 rings (SSSR count). The number of hydrogen-bond acceptors (Lipinski definition) is 4. The van der Waals surface area contributed by atoms with Crippen LogP contribution in [0.4, 0.5) is 0 Å². The number of pyridine rings is 1. The van der Waals surface area contributed by atoms with Crippen molar-refractivity contribution in [1.29, 1.82) is 0 Å².